The van der Waals surface area contributed by atoms with Crippen LogP contribution in [0, 0.1) is 0 Å². The molecule has 1 fully saturated rings. The first kappa shape index (κ1) is 19.7. The third kappa shape index (κ3) is 4.62. The van der Waals surface area contributed by atoms with E-state index in [9.17, 15) is 18.0 Å². The Balaban J connectivity index is 1.59. The number of hydrogen-bond acceptors (Lipinski definition) is 5. The number of piperazine rings is 1. The van der Waals surface area contributed by atoms with Gasteiger partial charge in [-0.15, -0.1) is 5.10 Å². The highest BCUT2D eigenvalue weighted by Gasteiger charge is 2.30. The second-order valence-corrected chi connectivity index (χ2v) is 6.65. The number of amides is 2. The lowest BCUT2D eigenvalue weighted by Crippen LogP contribution is -2.50. The second-order valence-electron chi connectivity index (χ2n) is 6.65. The number of rotatable bonds is 3. The van der Waals surface area contributed by atoms with Crippen molar-refractivity contribution in [3.05, 3.63) is 42.1 Å². The van der Waals surface area contributed by atoms with E-state index in [0.29, 0.717) is 26.2 Å². The van der Waals surface area contributed by atoms with Crippen LogP contribution in [0.3, 0.4) is 0 Å². The summed E-state index contributed by atoms with van der Waals surface area (Å²) in [5, 5.41) is 10.7. The van der Waals surface area contributed by atoms with Crippen LogP contribution in [0.1, 0.15) is 5.56 Å². The Bertz CT molecular complexity index is 834. The van der Waals surface area contributed by atoms with E-state index < -0.39 is 17.8 Å². The molecule has 0 radical (unpaired) electrons. The summed E-state index contributed by atoms with van der Waals surface area (Å²) in [7, 11) is 3.83. The first-order chi connectivity index (χ1) is 13.2. The standard InChI is InChI=1S/C18H21F3N6O/c1-25(2)15-11-16(24-22-12-15)26-6-8-27(9-7-26)17(28)23-14-5-3-4-13(10-14)18(19,20)21/h3-5,10-12H,6-9H2,1-2H3,(H,23,28). The molecule has 1 aromatic carbocycles. The highest BCUT2D eigenvalue weighted by atomic mass is 19.4. The molecule has 0 spiro atoms. The Hall–Kier alpha value is -3.04. The Kier molecular flexibility index (Phi) is 5.57. The van der Waals surface area contributed by atoms with Gasteiger partial charge in [-0.05, 0) is 18.2 Å². The van der Waals surface area contributed by atoms with Gasteiger partial charge in [0, 0.05) is 52.0 Å². The molecule has 1 aliphatic rings. The maximum atomic E-state index is 12.8. The number of benzene rings is 1. The van der Waals surface area contributed by atoms with E-state index in [-0.39, 0.29) is 5.69 Å². The number of carbonyl (C=O) groups is 1. The van der Waals surface area contributed by atoms with Gasteiger partial charge in [-0.25, -0.2) is 4.79 Å². The van der Waals surface area contributed by atoms with Crippen LogP contribution in [0.15, 0.2) is 36.5 Å². The molecule has 10 heteroatoms. The van der Waals surface area contributed by atoms with E-state index in [1.165, 1.54) is 12.1 Å². The van der Waals surface area contributed by atoms with Crippen LogP contribution in [0.4, 0.5) is 35.2 Å². The van der Waals surface area contributed by atoms with Crippen molar-refractivity contribution >= 4 is 23.2 Å². The fraction of sp³-hybridized carbons (Fsp3) is 0.389. The normalized spacial score (nSPS) is 14.8. The fourth-order valence-corrected chi connectivity index (χ4v) is 2.86. The molecule has 0 unspecified atom stereocenters. The maximum Gasteiger partial charge on any atom is 0.416 e. The van der Waals surface area contributed by atoms with Gasteiger partial charge in [-0.3, -0.25) is 0 Å². The number of urea groups is 1. The number of hydrogen-bond donors (Lipinski definition) is 1. The van der Waals surface area contributed by atoms with E-state index in [1.807, 2.05) is 30.0 Å². The highest BCUT2D eigenvalue weighted by Crippen LogP contribution is 2.30. The Morgan fingerprint density at radius 1 is 1.14 bits per heavy atom. The molecule has 1 saturated heterocycles. The Labute approximate surface area is 160 Å². The molecule has 0 saturated carbocycles. The predicted molar refractivity (Wildman–Crippen MR) is 101 cm³/mol. The lowest BCUT2D eigenvalue weighted by Gasteiger charge is -2.35. The van der Waals surface area contributed by atoms with Crippen molar-refractivity contribution in [2.75, 3.05) is 55.4 Å². The average molecular weight is 394 g/mol. The third-order valence-electron chi connectivity index (χ3n) is 4.48. The van der Waals surface area contributed by atoms with Gasteiger partial charge in [-0.1, -0.05) is 6.07 Å². The summed E-state index contributed by atoms with van der Waals surface area (Å²) in [5.74, 6) is 0.726. The van der Waals surface area contributed by atoms with Crippen LogP contribution in [-0.2, 0) is 6.18 Å². The topological polar surface area (TPSA) is 64.6 Å². The number of aromatic nitrogens is 2. The number of alkyl halides is 3. The lowest BCUT2D eigenvalue weighted by atomic mass is 10.2. The van der Waals surface area contributed by atoms with Crippen molar-refractivity contribution in [1.82, 2.24) is 15.1 Å². The van der Waals surface area contributed by atoms with Gasteiger partial charge >= 0.3 is 12.2 Å². The van der Waals surface area contributed by atoms with Crippen molar-refractivity contribution in [3.8, 4) is 0 Å². The summed E-state index contributed by atoms with van der Waals surface area (Å²) < 4.78 is 38.4. The molecule has 1 aliphatic heterocycles. The number of halogens is 3. The number of carbonyl (C=O) groups excluding carboxylic acids is 1. The van der Waals surface area contributed by atoms with Gasteiger partial charge in [0.2, 0.25) is 0 Å². The smallest absolute Gasteiger partial charge is 0.376 e. The molecule has 1 aromatic heterocycles. The zero-order valence-electron chi connectivity index (χ0n) is 15.6. The van der Waals surface area contributed by atoms with Crippen molar-refractivity contribution in [1.29, 1.82) is 0 Å². The van der Waals surface area contributed by atoms with E-state index >= 15 is 0 Å². The van der Waals surface area contributed by atoms with Crippen molar-refractivity contribution < 1.29 is 18.0 Å². The summed E-state index contributed by atoms with van der Waals surface area (Å²) in [6.45, 7) is 1.97. The van der Waals surface area contributed by atoms with Crippen molar-refractivity contribution in [2.45, 2.75) is 6.18 Å². The first-order valence-electron chi connectivity index (χ1n) is 8.72. The van der Waals surface area contributed by atoms with Gasteiger partial charge < -0.3 is 20.0 Å². The number of nitrogens with zero attached hydrogens (tertiary/aromatic N) is 5. The second kappa shape index (κ2) is 7.91. The Morgan fingerprint density at radius 2 is 1.86 bits per heavy atom. The van der Waals surface area contributed by atoms with Crippen LogP contribution in [-0.4, -0.2) is 61.4 Å². The molecule has 2 heterocycles. The Morgan fingerprint density at radius 3 is 2.50 bits per heavy atom. The SMILES string of the molecule is CN(C)c1cnnc(N2CCN(C(=O)Nc3cccc(C(F)(F)F)c3)CC2)c1. The molecule has 0 bridgehead atoms. The third-order valence-corrected chi connectivity index (χ3v) is 4.48. The zero-order valence-corrected chi connectivity index (χ0v) is 15.6. The van der Waals surface area contributed by atoms with Gasteiger partial charge in [0.1, 0.15) is 0 Å². The molecule has 150 valence electrons. The van der Waals surface area contributed by atoms with E-state index in [1.54, 1.807) is 11.1 Å². The highest BCUT2D eigenvalue weighted by molar-refractivity contribution is 5.89. The summed E-state index contributed by atoms with van der Waals surface area (Å²) in [4.78, 5) is 17.9. The molecule has 2 aromatic rings. The molecule has 28 heavy (non-hydrogen) atoms. The first-order valence-corrected chi connectivity index (χ1v) is 8.72. The molecule has 2 amide bonds. The van der Waals surface area contributed by atoms with Crippen LogP contribution < -0.4 is 15.1 Å². The number of nitrogens with one attached hydrogen (secondary N) is 1. The van der Waals surface area contributed by atoms with Crippen molar-refractivity contribution in [2.24, 2.45) is 0 Å². The zero-order chi connectivity index (χ0) is 20.3. The fourth-order valence-electron chi connectivity index (χ4n) is 2.86. The summed E-state index contributed by atoms with van der Waals surface area (Å²) in [5.41, 5.74) is 0.246. The van der Waals surface area contributed by atoms with Crippen LogP contribution in [0.2, 0.25) is 0 Å². The van der Waals surface area contributed by atoms with E-state index in [0.717, 1.165) is 23.6 Å². The van der Waals surface area contributed by atoms with Crippen LogP contribution >= 0.6 is 0 Å². The van der Waals surface area contributed by atoms with E-state index in [2.05, 4.69) is 15.5 Å². The van der Waals surface area contributed by atoms with Crippen LogP contribution in [0.5, 0.6) is 0 Å². The van der Waals surface area contributed by atoms with Gasteiger partial charge in [0.25, 0.3) is 0 Å². The summed E-state index contributed by atoms with van der Waals surface area (Å²) in [6, 6.07) is 6.10. The minimum atomic E-state index is -4.45. The molecule has 7 nitrogen and oxygen atoms in total. The average Bonchev–Trinajstić information content (AvgIpc) is 2.68. The quantitative estimate of drug-likeness (QED) is 0.867. The minimum absolute atomic E-state index is 0.117. The lowest BCUT2D eigenvalue weighted by molar-refractivity contribution is -0.137. The van der Waals surface area contributed by atoms with Gasteiger partial charge in [0.05, 0.1) is 17.4 Å². The molecule has 1 N–H and O–H groups in total. The maximum absolute atomic E-state index is 12.8. The molecule has 3 rings (SSSR count). The van der Waals surface area contributed by atoms with E-state index in [4.69, 9.17) is 0 Å². The molecular formula is C18H21F3N6O. The summed E-state index contributed by atoms with van der Waals surface area (Å²) >= 11 is 0. The molecule has 0 aliphatic carbocycles. The van der Waals surface area contributed by atoms with Crippen LogP contribution in [0.25, 0.3) is 0 Å². The largest absolute Gasteiger partial charge is 0.416 e. The summed E-state index contributed by atoms with van der Waals surface area (Å²) in [6.07, 6.45) is -2.78. The predicted octanol–water partition coefficient (Wildman–Crippen LogP) is 2.92. The van der Waals surface area contributed by atoms with Crippen molar-refractivity contribution in [3.63, 3.8) is 0 Å². The monoisotopic (exact) mass is 394 g/mol. The molecule has 0 atom stereocenters. The van der Waals surface area contributed by atoms with Gasteiger partial charge in [0.15, 0.2) is 5.82 Å². The molecular weight excluding hydrogens is 373 g/mol. The minimum Gasteiger partial charge on any atom is -0.376 e. The van der Waals surface area contributed by atoms with Gasteiger partial charge in [-0.2, -0.15) is 18.3 Å². The number of anilines is 3.